The van der Waals surface area contributed by atoms with E-state index in [1.807, 2.05) is 6.20 Å². The lowest BCUT2D eigenvalue weighted by molar-refractivity contribution is 0.321. The van der Waals surface area contributed by atoms with Crippen LogP contribution in [0.1, 0.15) is 63.8 Å². The fourth-order valence-electron chi connectivity index (χ4n) is 3.15. The van der Waals surface area contributed by atoms with Crippen molar-refractivity contribution in [3.63, 3.8) is 0 Å². The standard InChI is InChI=1S/C18H24N4O/c1-18(2,3)17-20-16(21-23-17)14-10-15(22-8-4-5-9-22)13(11-19-14)12-6-7-12/h10-12H,4-9H2,1-3H3. The monoisotopic (exact) mass is 312 g/mol. The fraction of sp³-hybridized carbons (Fsp3) is 0.611. The Morgan fingerprint density at radius 1 is 1.17 bits per heavy atom. The van der Waals surface area contributed by atoms with Crippen molar-refractivity contribution in [1.29, 1.82) is 0 Å². The molecule has 2 aromatic heterocycles. The van der Waals surface area contributed by atoms with Gasteiger partial charge in [-0.2, -0.15) is 4.98 Å². The Balaban J connectivity index is 1.71. The van der Waals surface area contributed by atoms with Crippen LogP contribution in [0.3, 0.4) is 0 Å². The molecule has 0 unspecified atom stereocenters. The van der Waals surface area contributed by atoms with Crippen molar-refractivity contribution in [1.82, 2.24) is 15.1 Å². The number of aromatic nitrogens is 3. The van der Waals surface area contributed by atoms with E-state index in [1.165, 1.54) is 36.9 Å². The third kappa shape index (κ3) is 2.84. The Labute approximate surface area is 137 Å². The number of pyridine rings is 1. The molecule has 0 atom stereocenters. The Morgan fingerprint density at radius 2 is 1.91 bits per heavy atom. The van der Waals surface area contributed by atoms with Gasteiger partial charge in [0.25, 0.3) is 0 Å². The Hall–Kier alpha value is -1.91. The SMILES string of the molecule is CC(C)(C)c1nc(-c2cc(N3CCCC3)c(C3CC3)cn2)no1. The van der Waals surface area contributed by atoms with Crippen LogP contribution in [0.25, 0.3) is 11.5 Å². The third-order valence-corrected chi connectivity index (χ3v) is 4.67. The topological polar surface area (TPSA) is 55.1 Å². The van der Waals surface area contributed by atoms with Crippen LogP contribution >= 0.6 is 0 Å². The second-order valence-corrected chi connectivity index (χ2v) is 7.77. The van der Waals surface area contributed by atoms with Gasteiger partial charge >= 0.3 is 0 Å². The number of rotatable bonds is 3. The largest absolute Gasteiger partial charge is 0.371 e. The van der Waals surface area contributed by atoms with E-state index in [4.69, 9.17) is 4.52 Å². The van der Waals surface area contributed by atoms with Crippen LogP contribution in [0.4, 0.5) is 5.69 Å². The van der Waals surface area contributed by atoms with Crippen LogP contribution in [-0.2, 0) is 5.41 Å². The van der Waals surface area contributed by atoms with Gasteiger partial charge in [-0.3, -0.25) is 4.98 Å². The number of anilines is 1. The highest BCUT2D eigenvalue weighted by molar-refractivity contribution is 5.64. The molecule has 0 bridgehead atoms. The molecule has 122 valence electrons. The van der Waals surface area contributed by atoms with Gasteiger partial charge in [-0.1, -0.05) is 25.9 Å². The van der Waals surface area contributed by atoms with E-state index in [0.29, 0.717) is 17.6 Å². The molecular formula is C18H24N4O. The van der Waals surface area contributed by atoms with E-state index in [1.54, 1.807) is 0 Å². The van der Waals surface area contributed by atoms with Crippen LogP contribution in [0.2, 0.25) is 0 Å². The lowest BCUT2D eigenvalue weighted by atomic mass is 9.97. The van der Waals surface area contributed by atoms with Gasteiger partial charge in [0.1, 0.15) is 5.69 Å². The molecule has 0 amide bonds. The molecule has 5 nitrogen and oxygen atoms in total. The van der Waals surface area contributed by atoms with Gasteiger partial charge in [-0.25, -0.2) is 0 Å². The maximum Gasteiger partial charge on any atom is 0.232 e. The Morgan fingerprint density at radius 3 is 2.52 bits per heavy atom. The second-order valence-electron chi connectivity index (χ2n) is 7.77. The minimum Gasteiger partial charge on any atom is -0.371 e. The van der Waals surface area contributed by atoms with Crippen molar-refractivity contribution in [2.45, 2.75) is 57.8 Å². The van der Waals surface area contributed by atoms with Gasteiger partial charge in [-0.05, 0) is 43.2 Å². The zero-order chi connectivity index (χ0) is 16.0. The first kappa shape index (κ1) is 14.7. The molecule has 2 aliphatic rings. The zero-order valence-corrected chi connectivity index (χ0v) is 14.2. The van der Waals surface area contributed by atoms with Crippen LogP contribution < -0.4 is 4.90 Å². The summed E-state index contributed by atoms with van der Waals surface area (Å²) >= 11 is 0. The van der Waals surface area contributed by atoms with Crippen LogP contribution in [0, 0.1) is 0 Å². The third-order valence-electron chi connectivity index (χ3n) is 4.67. The summed E-state index contributed by atoms with van der Waals surface area (Å²) in [6.07, 6.45) is 7.17. The average Bonchev–Trinajstić information content (AvgIpc) is 3.04. The molecule has 0 N–H and O–H groups in total. The lowest BCUT2D eigenvalue weighted by Crippen LogP contribution is -2.19. The van der Waals surface area contributed by atoms with Crippen molar-refractivity contribution < 1.29 is 4.52 Å². The quantitative estimate of drug-likeness (QED) is 0.860. The van der Waals surface area contributed by atoms with Crippen LogP contribution in [0.15, 0.2) is 16.8 Å². The molecule has 2 aromatic rings. The highest BCUT2D eigenvalue weighted by atomic mass is 16.5. The number of hydrogen-bond acceptors (Lipinski definition) is 5. The molecule has 3 heterocycles. The first-order valence-corrected chi connectivity index (χ1v) is 8.62. The molecule has 2 fully saturated rings. The van der Waals surface area contributed by atoms with Crippen molar-refractivity contribution in [2.75, 3.05) is 18.0 Å². The predicted molar refractivity (Wildman–Crippen MR) is 89.7 cm³/mol. The van der Waals surface area contributed by atoms with Gasteiger partial charge in [0.15, 0.2) is 0 Å². The van der Waals surface area contributed by atoms with E-state index >= 15 is 0 Å². The summed E-state index contributed by atoms with van der Waals surface area (Å²) in [6.45, 7) is 8.50. The molecule has 0 aromatic carbocycles. The molecule has 1 aliphatic carbocycles. The van der Waals surface area contributed by atoms with E-state index in [2.05, 4.69) is 46.9 Å². The van der Waals surface area contributed by atoms with Crippen molar-refractivity contribution >= 4 is 5.69 Å². The summed E-state index contributed by atoms with van der Waals surface area (Å²) in [4.78, 5) is 11.7. The van der Waals surface area contributed by atoms with E-state index in [0.717, 1.165) is 18.8 Å². The lowest BCUT2D eigenvalue weighted by Gasteiger charge is -2.21. The minimum absolute atomic E-state index is 0.142. The summed E-state index contributed by atoms with van der Waals surface area (Å²) in [7, 11) is 0. The maximum absolute atomic E-state index is 5.42. The molecule has 23 heavy (non-hydrogen) atoms. The minimum atomic E-state index is -0.142. The van der Waals surface area contributed by atoms with Crippen molar-refractivity contribution in [3.05, 3.63) is 23.7 Å². The van der Waals surface area contributed by atoms with Crippen molar-refractivity contribution in [3.8, 4) is 11.5 Å². The highest BCUT2D eigenvalue weighted by Crippen LogP contribution is 2.45. The van der Waals surface area contributed by atoms with Gasteiger partial charge < -0.3 is 9.42 Å². The van der Waals surface area contributed by atoms with Gasteiger partial charge in [0, 0.05) is 30.4 Å². The predicted octanol–water partition coefficient (Wildman–Crippen LogP) is 3.91. The van der Waals surface area contributed by atoms with Crippen LogP contribution in [-0.4, -0.2) is 28.2 Å². The first-order chi connectivity index (χ1) is 11.0. The first-order valence-electron chi connectivity index (χ1n) is 8.62. The maximum atomic E-state index is 5.42. The summed E-state index contributed by atoms with van der Waals surface area (Å²) in [6, 6.07) is 2.16. The molecule has 4 rings (SSSR count). The van der Waals surface area contributed by atoms with E-state index in [-0.39, 0.29) is 5.41 Å². The number of nitrogens with zero attached hydrogens (tertiary/aromatic N) is 4. The summed E-state index contributed by atoms with van der Waals surface area (Å²) in [5.74, 6) is 1.95. The molecule has 1 saturated heterocycles. The van der Waals surface area contributed by atoms with Gasteiger partial charge in [0.2, 0.25) is 11.7 Å². The van der Waals surface area contributed by atoms with Crippen LogP contribution in [0.5, 0.6) is 0 Å². The summed E-state index contributed by atoms with van der Waals surface area (Å²) < 4.78 is 5.42. The zero-order valence-electron chi connectivity index (χ0n) is 14.2. The van der Waals surface area contributed by atoms with E-state index < -0.39 is 0 Å². The molecule has 0 radical (unpaired) electrons. The Kier molecular flexibility index (Phi) is 3.39. The Bertz CT molecular complexity index is 706. The molecule has 1 aliphatic heterocycles. The number of hydrogen-bond donors (Lipinski definition) is 0. The molecule has 1 saturated carbocycles. The molecule has 5 heteroatoms. The smallest absolute Gasteiger partial charge is 0.232 e. The fourth-order valence-corrected chi connectivity index (χ4v) is 3.15. The van der Waals surface area contributed by atoms with Gasteiger partial charge in [0.05, 0.1) is 0 Å². The van der Waals surface area contributed by atoms with Gasteiger partial charge in [-0.15, -0.1) is 0 Å². The summed E-state index contributed by atoms with van der Waals surface area (Å²) in [5.41, 5.74) is 3.40. The molecule has 0 spiro atoms. The normalized spacial score (nSPS) is 18.7. The molecular weight excluding hydrogens is 288 g/mol. The average molecular weight is 312 g/mol. The highest BCUT2D eigenvalue weighted by Gasteiger charge is 2.30. The van der Waals surface area contributed by atoms with Crippen molar-refractivity contribution in [2.24, 2.45) is 0 Å². The summed E-state index contributed by atoms with van der Waals surface area (Å²) in [5, 5.41) is 4.14. The second kappa shape index (κ2) is 5.32. The van der Waals surface area contributed by atoms with E-state index in [9.17, 15) is 0 Å².